The molecule has 1 rings (SSSR count). The molecule has 0 unspecified atom stereocenters. The van der Waals surface area contributed by atoms with Crippen LogP contribution < -0.4 is 5.32 Å². The Labute approximate surface area is 113 Å². The monoisotopic (exact) mass is 301 g/mol. The third-order valence-corrected chi connectivity index (χ3v) is 5.24. The number of alkyl halides is 3. The van der Waals surface area contributed by atoms with E-state index < -0.39 is 3.12 Å². The molecule has 0 spiro atoms. The molecule has 1 aromatic carbocycles. The standard InChI is InChI=1S/C9H10Cl3NS2/c10-9(11,12)15-14-7-6-13-8-4-2-1-3-5-8/h1-5,13H,6-7H2. The number of rotatable bonds is 5. The molecule has 0 aliphatic rings. The molecular formula is C9H10Cl3NS2. The highest BCUT2D eigenvalue weighted by Gasteiger charge is 2.20. The van der Waals surface area contributed by atoms with Gasteiger partial charge in [0.05, 0.1) is 0 Å². The zero-order valence-corrected chi connectivity index (χ0v) is 11.7. The molecule has 0 saturated carbocycles. The van der Waals surface area contributed by atoms with E-state index in [1.807, 2.05) is 30.3 Å². The van der Waals surface area contributed by atoms with Crippen LogP contribution in [0.5, 0.6) is 0 Å². The van der Waals surface area contributed by atoms with Crippen molar-refractivity contribution < 1.29 is 0 Å². The van der Waals surface area contributed by atoms with Crippen LogP contribution in [0.2, 0.25) is 0 Å². The molecule has 1 nitrogen and oxygen atoms in total. The molecule has 0 heterocycles. The van der Waals surface area contributed by atoms with E-state index in [0.717, 1.165) is 18.0 Å². The number of hydrogen-bond donors (Lipinski definition) is 1. The molecular weight excluding hydrogens is 293 g/mol. The molecule has 1 N–H and O–H groups in total. The molecule has 0 aliphatic heterocycles. The van der Waals surface area contributed by atoms with Crippen LogP contribution in [0, 0.1) is 0 Å². The average molecular weight is 303 g/mol. The third kappa shape index (κ3) is 7.47. The second kappa shape index (κ2) is 7.02. The molecule has 0 fully saturated rings. The minimum Gasteiger partial charge on any atom is -0.384 e. The van der Waals surface area contributed by atoms with E-state index in [9.17, 15) is 0 Å². The van der Waals surface area contributed by atoms with Gasteiger partial charge >= 0.3 is 0 Å². The van der Waals surface area contributed by atoms with E-state index in [1.54, 1.807) is 0 Å². The van der Waals surface area contributed by atoms with E-state index in [1.165, 1.54) is 21.6 Å². The Balaban J connectivity index is 2.08. The number of halogens is 3. The van der Waals surface area contributed by atoms with Crippen molar-refractivity contribution in [3.63, 3.8) is 0 Å². The van der Waals surface area contributed by atoms with Crippen LogP contribution in [0.25, 0.3) is 0 Å². The molecule has 0 bridgehead atoms. The molecule has 1 aromatic rings. The number of para-hydroxylation sites is 1. The first-order valence-corrected chi connectivity index (χ1v) is 7.69. The fourth-order valence-electron chi connectivity index (χ4n) is 0.902. The van der Waals surface area contributed by atoms with Crippen molar-refractivity contribution in [2.24, 2.45) is 0 Å². The summed E-state index contributed by atoms with van der Waals surface area (Å²) in [5, 5.41) is 3.27. The van der Waals surface area contributed by atoms with Crippen LogP contribution in [0.1, 0.15) is 0 Å². The van der Waals surface area contributed by atoms with Gasteiger partial charge in [0.15, 0.2) is 0 Å². The number of nitrogens with one attached hydrogen (secondary N) is 1. The lowest BCUT2D eigenvalue weighted by atomic mass is 10.3. The molecule has 0 amide bonds. The number of benzene rings is 1. The number of hydrogen-bond acceptors (Lipinski definition) is 3. The highest BCUT2D eigenvalue weighted by Crippen LogP contribution is 2.45. The van der Waals surface area contributed by atoms with Crippen LogP contribution >= 0.6 is 56.4 Å². The van der Waals surface area contributed by atoms with Crippen molar-refractivity contribution in [1.82, 2.24) is 0 Å². The fraction of sp³-hybridized carbons (Fsp3) is 0.333. The van der Waals surface area contributed by atoms with E-state index in [0.29, 0.717) is 0 Å². The van der Waals surface area contributed by atoms with Gasteiger partial charge in [-0.3, -0.25) is 0 Å². The van der Waals surface area contributed by atoms with Crippen LogP contribution in [0.15, 0.2) is 30.3 Å². The Morgan fingerprint density at radius 3 is 2.40 bits per heavy atom. The Kier molecular flexibility index (Phi) is 6.39. The van der Waals surface area contributed by atoms with Crippen LogP contribution in [0.3, 0.4) is 0 Å². The highest BCUT2D eigenvalue weighted by atomic mass is 35.6. The van der Waals surface area contributed by atoms with Crippen molar-refractivity contribution in [1.29, 1.82) is 0 Å². The molecule has 0 saturated heterocycles. The lowest BCUT2D eigenvalue weighted by Crippen LogP contribution is -2.03. The van der Waals surface area contributed by atoms with Gasteiger partial charge in [-0.2, -0.15) is 0 Å². The summed E-state index contributed by atoms with van der Waals surface area (Å²) >= 11 is 16.7. The Morgan fingerprint density at radius 1 is 1.13 bits per heavy atom. The zero-order chi connectivity index (χ0) is 11.1. The third-order valence-electron chi connectivity index (χ3n) is 1.44. The lowest BCUT2D eigenvalue weighted by Gasteiger charge is -2.09. The summed E-state index contributed by atoms with van der Waals surface area (Å²) in [6.07, 6.45) is 0. The van der Waals surface area contributed by atoms with Gasteiger partial charge in [-0.15, -0.1) is 0 Å². The highest BCUT2D eigenvalue weighted by molar-refractivity contribution is 8.78. The van der Waals surface area contributed by atoms with Gasteiger partial charge < -0.3 is 5.32 Å². The summed E-state index contributed by atoms with van der Waals surface area (Å²) in [6, 6.07) is 10.0. The van der Waals surface area contributed by atoms with Gasteiger partial charge in [0.2, 0.25) is 3.12 Å². The largest absolute Gasteiger partial charge is 0.384 e. The Bertz CT molecular complexity index is 276. The van der Waals surface area contributed by atoms with Crippen LogP contribution in [-0.2, 0) is 0 Å². The molecule has 0 aromatic heterocycles. The molecule has 0 aliphatic carbocycles. The summed E-state index contributed by atoms with van der Waals surface area (Å²) in [5.41, 5.74) is 1.11. The van der Waals surface area contributed by atoms with Gasteiger partial charge in [-0.25, -0.2) is 0 Å². The van der Waals surface area contributed by atoms with Crippen molar-refractivity contribution in [2.75, 3.05) is 17.6 Å². The van der Waals surface area contributed by atoms with E-state index in [4.69, 9.17) is 34.8 Å². The number of anilines is 1. The summed E-state index contributed by atoms with van der Waals surface area (Å²) in [6.45, 7) is 0.850. The van der Waals surface area contributed by atoms with E-state index in [-0.39, 0.29) is 0 Å². The van der Waals surface area contributed by atoms with Crippen molar-refractivity contribution in [3.8, 4) is 0 Å². The molecule has 0 atom stereocenters. The maximum Gasteiger partial charge on any atom is 0.247 e. The summed E-state index contributed by atoms with van der Waals surface area (Å²) in [4.78, 5) is 0. The first-order chi connectivity index (χ1) is 7.08. The second-order valence-electron chi connectivity index (χ2n) is 2.64. The summed E-state index contributed by atoms with van der Waals surface area (Å²) in [7, 11) is 2.78. The van der Waals surface area contributed by atoms with E-state index >= 15 is 0 Å². The van der Waals surface area contributed by atoms with E-state index in [2.05, 4.69) is 5.32 Å². The Hall–Kier alpha value is 0.590. The molecule has 0 radical (unpaired) electrons. The predicted molar refractivity (Wildman–Crippen MR) is 75.3 cm³/mol. The smallest absolute Gasteiger partial charge is 0.247 e. The molecule has 6 heteroatoms. The van der Waals surface area contributed by atoms with Gasteiger partial charge in [0.25, 0.3) is 0 Å². The van der Waals surface area contributed by atoms with Crippen molar-refractivity contribution >= 4 is 62.1 Å². The summed E-state index contributed by atoms with van der Waals surface area (Å²) in [5.74, 6) is 0.882. The van der Waals surface area contributed by atoms with Crippen LogP contribution in [-0.4, -0.2) is 15.4 Å². The van der Waals surface area contributed by atoms with Gasteiger partial charge in [-0.1, -0.05) is 63.8 Å². The van der Waals surface area contributed by atoms with Gasteiger partial charge in [0, 0.05) is 18.0 Å². The maximum atomic E-state index is 5.58. The first kappa shape index (κ1) is 13.7. The quantitative estimate of drug-likeness (QED) is 0.476. The predicted octanol–water partition coefficient (Wildman–Crippen LogP) is 4.81. The molecule has 15 heavy (non-hydrogen) atoms. The fourth-order valence-corrected chi connectivity index (χ4v) is 3.41. The summed E-state index contributed by atoms with van der Waals surface area (Å²) < 4.78 is -1.22. The topological polar surface area (TPSA) is 12.0 Å². The average Bonchev–Trinajstić information content (AvgIpc) is 2.17. The van der Waals surface area contributed by atoms with Gasteiger partial charge in [-0.05, 0) is 22.9 Å². The molecule has 84 valence electrons. The van der Waals surface area contributed by atoms with Gasteiger partial charge in [0.1, 0.15) is 0 Å². The lowest BCUT2D eigenvalue weighted by molar-refractivity contribution is 1.23. The minimum absolute atomic E-state index is 0.850. The van der Waals surface area contributed by atoms with Crippen LogP contribution in [0.4, 0.5) is 5.69 Å². The Morgan fingerprint density at radius 2 is 1.80 bits per heavy atom. The first-order valence-electron chi connectivity index (χ1n) is 4.24. The second-order valence-corrected chi connectivity index (χ2v) is 8.23. The zero-order valence-electron chi connectivity index (χ0n) is 7.75. The van der Waals surface area contributed by atoms with Crippen molar-refractivity contribution in [2.45, 2.75) is 3.12 Å². The van der Waals surface area contributed by atoms with Crippen molar-refractivity contribution in [3.05, 3.63) is 30.3 Å². The maximum absolute atomic E-state index is 5.58. The SMILES string of the molecule is ClC(Cl)(Cl)SSCCNc1ccccc1. The minimum atomic E-state index is -1.22. The normalized spacial score (nSPS) is 11.4.